The van der Waals surface area contributed by atoms with Crippen LogP contribution in [0.4, 0.5) is 5.82 Å². The number of hydrogen-bond donors (Lipinski definition) is 2. The molecular weight excluding hydrogens is 266 g/mol. The lowest BCUT2D eigenvalue weighted by atomic mass is 10.1. The van der Waals surface area contributed by atoms with Crippen LogP contribution in [-0.4, -0.2) is 40.1 Å². The van der Waals surface area contributed by atoms with Crippen molar-refractivity contribution in [2.75, 3.05) is 18.9 Å². The Labute approximate surface area is 117 Å². The number of aliphatic hydroxyl groups excluding tert-OH is 1. The zero-order valence-corrected chi connectivity index (χ0v) is 11.4. The maximum absolute atomic E-state index is 12.5. The van der Waals surface area contributed by atoms with Crippen LogP contribution < -0.4 is 5.73 Å². The minimum atomic E-state index is -0.181. The normalized spacial score (nSPS) is 15.7. The Kier molecular flexibility index (Phi) is 4.61. The van der Waals surface area contributed by atoms with Crippen LogP contribution in [0, 0.1) is 0 Å². The second-order valence-electron chi connectivity index (χ2n) is 4.75. The van der Waals surface area contributed by atoms with E-state index in [1.54, 1.807) is 4.90 Å². The Hall–Kier alpha value is -1.33. The number of rotatable bonds is 4. The number of nitrogen functional groups attached to an aromatic ring is 1. The van der Waals surface area contributed by atoms with Gasteiger partial charge < -0.3 is 15.7 Å². The summed E-state index contributed by atoms with van der Waals surface area (Å²) < 4.78 is 0. The Morgan fingerprint density at radius 3 is 2.84 bits per heavy atom. The lowest BCUT2D eigenvalue weighted by Crippen LogP contribution is -2.40. The molecule has 0 aliphatic heterocycles. The number of carbonyl (C=O) groups is 1. The van der Waals surface area contributed by atoms with E-state index >= 15 is 0 Å². The molecular formula is C13H18ClN3O2. The van der Waals surface area contributed by atoms with Crippen LogP contribution in [0.25, 0.3) is 0 Å². The lowest BCUT2D eigenvalue weighted by molar-refractivity contribution is 0.0638. The van der Waals surface area contributed by atoms with E-state index in [1.165, 1.54) is 12.3 Å². The highest BCUT2D eigenvalue weighted by Gasteiger charge is 2.28. The standard InChI is InChI=1S/C13H18ClN3O2/c14-11-8-16-12(15)7-10(11)13(19)17(5-6-18)9-3-1-2-4-9/h7-9,18H,1-6H2,(H2,15,16). The SMILES string of the molecule is Nc1cc(C(=O)N(CCO)C2CCCC2)c(Cl)cn1. The first-order valence-corrected chi connectivity index (χ1v) is 6.84. The van der Waals surface area contributed by atoms with Crippen molar-refractivity contribution in [2.45, 2.75) is 31.7 Å². The van der Waals surface area contributed by atoms with Gasteiger partial charge in [-0.2, -0.15) is 0 Å². The molecule has 0 unspecified atom stereocenters. The third-order valence-electron chi connectivity index (χ3n) is 3.47. The molecule has 1 amide bonds. The van der Waals surface area contributed by atoms with Crippen molar-refractivity contribution in [2.24, 2.45) is 0 Å². The van der Waals surface area contributed by atoms with Crippen LogP contribution in [0.5, 0.6) is 0 Å². The van der Waals surface area contributed by atoms with Gasteiger partial charge in [0.2, 0.25) is 0 Å². The van der Waals surface area contributed by atoms with Crippen molar-refractivity contribution in [3.63, 3.8) is 0 Å². The number of halogens is 1. The van der Waals surface area contributed by atoms with Gasteiger partial charge in [-0.3, -0.25) is 4.79 Å². The molecule has 6 heteroatoms. The first kappa shape index (κ1) is 14.1. The number of aromatic nitrogens is 1. The molecule has 1 fully saturated rings. The van der Waals surface area contributed by atoms with Crippen molar-refractivity contribution in [1.29, 1.82) is 0 Å². The number of hydrogen-bond acceptors (Lipinski definition) is 4. The van der Waals surface area contributed by atoms with Gasteiger partial charge in [0.15, 0.2) is 0 Å². The molecule has 0 radical (unpaired) electrons. The fraction of sp³-hybridized carbons (Fsp3) is 0.538. The molecule has 2 rings (SSSR count). The summed E-state index contributed by atoms with van der Waals surface area (Å²) in [6, 6.07) is 1.68. The molecule has 1 heterocycles. The van der Waals surface area contributed by atoms with Crippen LogP contribution in [0.15, 0.2) is 12.3 Å². The molecule has 1 aromatic heterocycles. The smallest absolute Gasteiger partial charge is 0.255 e. The van der Waals surface area contributed by atoms with Gasteiger partial charge in [0.25, 0.3) is 5.91 Å². The summed E-state index contributed by atoms with van der Waals surface area (Å²) in [5.41, 5.74) is 5.96. The number of anilines is 1. The van der Waals surface area contributed by atoms with Crippen LogP contribution >= 0.6 is 11.6 Å². The molecule has 1 aromatic rings. The highest BCUT2D eigenvalue weighted by molar-refractivity contribution is 6.33. The van der Waals surface area contributed by atoms with E-state index in [2.05, 4.69) is 4.98 Å². The molecule has 0 bridgehead atoms. The molecule has 0 aromatic carbocycles. The van der Waals surface area contributed by atoms with Crippen molar-refractivity contribution in [3.05, 3.63) is 22.8 Å². The largest absolute Gasteiger partial charge is 0.395 e. The van der Waals surface area contributed by atoms with E-state index in [0.717, 1.165) is 25.7 Å². The van der Waals surface area contributed by atoms with E-state index in [-0.39, 0.29) is 24.4 Å². The second-order valence-corrected chi connectivity index (χ2v) is 5.16. The molecule has 1 saturated carbocycles. The molecule has 0 atom stereocenters. The summed E-state index contributed by atoms with van der Waals surface area (Å²) in [4.78, 5) is 18.1. The average molecular weight is 284 g/mol. The molecule has 1 aliphatic carbocycles. The first-order chi connectivity index (χ1) is 9.13. The summed E-state index contributed by atoms with van der Waals surface area (Å²) in [6.45, 7) is 0.266. The predicted molar refractivity (Wildman–Crippen MR) is 74.0 cm³/mol. The van der Waals surface area contributed by atoms with Crippen LogP contribution in [-0.2, 0) is 0 Å². The highest BCUT2D eigenvalue weighted by Crippen LogP contribution is 2.26. The topological polar surface area (TPSA) is 79.5 Å². The molecule has 19 heavy (non-hydrogen) atoms. The Morgan fingerprint density at radius 2 is 2.21 bits per heavy atom. The average Bonchev–Trinajstić information content (AvgIpc) is 2.92. The van der Waals surface area contributed by atoms with Crippen LogP contribution in [0.1, 0.15) is 36.0 Å². The van der Waals surface area contributed by atoms with Crippen LogP contribution in [0.2, 0.25) is 5.02 Å². The number of pyridine rings is 1. The van der Waals surface area contributed by atoms with Crippen LogP contribution in [0.3, 0.4) is 0 Å². The summed E-state index contributed by atoms with van der Waals surface area (Å²) in [6.07, 6.45) is 5.57. The number of nitrogens with two attached hydrogens (primary N) is 1. The first-order valence-electron chi connectivity index (χ1n) is 6.46. The zero-order chi connectivity index (χ0) is 13.8. The molecule has 5 nitrogen and oxygen atoms in total. The van der Waals surface area contributed by atoms with E-state index < -0.39 is 0 Å². The Bertz CT molecular complexity index is 461. The number of carbonyl (C=O) groups excluding carboxylic acids is 1. The Morgan fingerprint density at radius 1 is 1.53 bits per heavy atom. The van der Waals surface area contributed by atoms with Gasteiger partial charge in [0.05, 0.1) is 17.2 Å². The summed E-state index contributed by atoms with van der Waals surface area (Å²) in [7, 11) is 0. The van der Waals surface area contributed by atoms with Gasteiger partial charge in [0.1, 0.15) is 5.82 Å². The maximum atomic E-state index is 12.5. The van der Waals surface area contributed by atoms with Gasteiger partial charge in [-0.1, -0.05) is 24.4 Å². The van der Waals surface area contributed by atoms with Crippen molar-refractivity contribution in [3.8, 4) is 0 Å². The third kappa shape index (κ3) is 3.16. The molecule has 0 spiro atoms. The molecule has 1 aliphatic rings. The number of aliphatic hydroxyl groups is 1. The van der Waals surface area contributed by atoms with Gasteiger partial charge in [0, 0.05) is 18.8 Å². The summed E-state index contributed by atoms with van der Waals surface area (Å²) >= 11 is 6.01. The van der Waals surface area contributed by atoms with E-state index in [4.69, 9.17) is 22.4 Å². The fourth-order valence-electron chi connectivity index (χ4n) is 2.55. The lowest BCUT2D eigenvalue weighted by Gasteiger charge is -2.28. The summed E-state index contributed by atoms with van der Waals surface area (Å²) in [5.74, 6) is 0.0863. The van der Waals surface area contributed by atoms with Gasteiger partial charge in [-0.05, 0) is 18.9 Å². The monoisotopic (exact) mass is 283 g/mol. The number of nitrogens with zero attached hydrogens (tertiary/aromatic N) is 2. The van der Waals surface area contributed by atoms with E-state index in [0.29, 0.717) is 17.1 Å². The Balaban J connectivity index is 2.25. The minimum Gasteiger partial charge on any atom is -0.395 e. The fourth-order valence-corrected chi connectivity index (χ4v) is 2.73. The minimum absolute atomic E-state index is 0.0551. The maximum Gasteiger partial charge on any atom is 0.255 e. The van der Waals surface area contributed by atoms with Crippen molar-refractivity contribution in [1.82, 2.24) is 9.88 Å². The molecule has 104 valence electrons. The molecule has 0 saturated heterocycles. The summed E-state index contributed by atoms with van der Waals surface area (Å²) in [5, 5.41) is 9.44. The van der Waals surface area contributed by atoms with Crippen molar-refractivity contribution < 1.29 is 9.90 Å². The molecule has 3 N–H and O–H groups in total. The number of amides is 1. The quantitative estimate of drug-likeness (QED) is 0.881. The third-order valence-corrected chi connectivity index (χ3v) is 3.78. The van der Waals surface area contributed by atoms with Crippen molar-refractivity contribution >= 4 is 23.3 Å². The highest BCUT2D eigenvalue weighted by atomic mass is 35.5. The zero-order valence-electron chi connectivity index (χ0n) is 10.7. The van der Waals surface area contributed by atoms with Gasteiger partial charge in [-0.15, -0.1) is 0 Å². The van der Waals surface area contributed by atoms with E-state index in [9.17, 15) is 4.79 Å². The predicted octanol–water partition coefficient (Wildman–Crippen LogP) is 1.69. The van der Waals surface area contributed by atoms with Gasteiger partial charge >= 0.3 is 0 Å². The van der Waals surface area contributed by atoms with Gasteiger partial charge in [-0.25, -0.2) is 4.98 Å². The second kappa shape index (κ2) is 6.21. The van der Waals surface area contributed by atoms with E-state index in [1.807, 2.05) is 0 Å².